The molecule has 2 N–H and O–H groups in total. The number of aromatic amines is 1. The molecule has 0 saturated carbocycles. The first-order valence-electron chi connectivity index (χ1n) is 15.2. The number of nitrogens with zero attached hydrogens (tertiary/aromatic N) is 7. The Morgan fingerprint density at radius 2 is 1.63 bits per heavy atom. The highest BCUT2D eigenvalue weighted by molar-refractivity contribution is 8.03. The summed E-state index contributed by atoms with van der Waals surface area (Å²) in [6.07, 6.45) is -1.29. The fourth-order valence-corrected chi connectivity index (χ4v) is 7.88. The number of non-ortho nitro benzene ring substituents is 2. The lowest BCUT2D eigenvalue weighted by Crippen LogP contribution is -2.63. The molecule has 18 nitrogen and oxygen atoms in total. The second-order valence-electron chi connectivity index (χ2n) is 11.9. The quantitative estimate of drug-likeness (QED) is 0.127. The van der Waals surface area contributed by atoms with E-state index in [0.717, 1.165) is 0 Å². The van der Waals surface area contributed by atoms with E-state index < -0.39 is 51.9 Å². The van der Waals surface area contributed by atoms with Crippen LogP contribution in [0.4, 0.5) is 16.2 Å². The normalized spacial score (nSPS) is 23.6. The number of aliphatic hydroxyl groups is 1. The van der Waals surface area contributed by atoms with Crippen molar-refractivity contribution in [2.24, 2.45) is 11.8 Å². The highest BCUT2D eigenvalue weighted by atomic mass is 32.2. The Morgan fingerprint density at radius 3 is 2.16 bits per heavy atom. The number of β-lactam (4-membered cyclic amide) rings is 1. The number of hydrogen-bond donors (Lipinski definition) is 2. The SMILES string of the molecule is C[C@@H](O)[C@H]1C(=O)N2C(C(=O)OCc3ccc([N+](=O)[O-])cc3)=C(S[C@H]3C[C@@H](c4nn[nH]n4)N(C(=O)OCc4ccc([N+](=O)[O-])cc4)C3)[C@H](C)[C@H]12. The molecule has 0 radical (unpaired) electrons. The van der Waals surface area contributed by atoms with Crippen LogP contribution < -0.4 is 0 Å². The van der Waals surface area contributed by atoms with Crippen LogP contribution >= 0.6 is 11.8 Å². The number of hydrogen-bond acceptors (Lipinski definition) is 14. The van der Waals surface area contributed by atoms with Crippen molar-refractivity contribution in [3.8, 4) is 0 Å². The van der Waals surface area contributed by atoms with Gasteiger partial charge in [0.1, 0.15) is 25.0 Å². The number of likely N-dealkylation sites (tertiary alicyclic amines) is 1. The van der Waals surface area contributed by atoms with Crippen molar-refractivity contribution >= 4 is 41.1 Å². The number of carbonyl (C=O) groups is 3. The highest BCUT2D eigenvalue weighted by Crippen LogP contribution is 2.53. The number of amides is 2. The Labute approximate surface area is 281 Å². The first kappa shape index (κ1) is 33.5. The van der Waals surface area contributed by atoms with Crippen LogP contribution in [0.2, 0.25) is 0 Å². The van der Waals surface area contributed by atoms with Crippen LogP contribution in [-0.2, 0) is 32.3 Å². The van der Waals surface area contributed by atoms with Crippen LogP contribution in [0.1, 0.15) is 43.3 Å². The first-order chi connectivity index (χ1) is 23.4. The summed E-state index contributed by atoms with van der Waals surface area (Å²) >= 11 is 1.32. The summed E-state index contributed by atoms with van der Waals surface area (Å²) in [6, 6.07) is 10.0. The molecular formula is C30H30N8O10S. The van der Waals surface area contributed by atoms with E-state index in [1.807, 2.05) is 6.92 Å². The van der Waals surface area contributed by atoms with E-state index in [-0.39, 0.29) is 53.8 Å². The van der Waals surface area contributed by atoms with Crippen LogP contribution in [0.25, 0.3) is 0 Å². The molecule has 3 aromatic rings. The number of rotatable bonds is 11. The van der Waals surface area contributed by atoms with E-state index in [4.69, 9.17) is 9.47 Å². The standard InChI is InChI=1S/C30H30N8O10S/c1-15-24-23(16(2)39)28(40)36(24)25(29(41)47-13-17-3-7-19(8-4-17)37(43)44)26(15)49-21-11-22(27-31-33-34-32-27)35(12-21)30(42)48-14-18-5-9-20(10-6-18)38(45)46/h3-10,15-16,21-24,39H,11-14H2,1-2H3,(H,31,32,33,34)/t15-,16-,21+,22+,23-,24-/m1/s1. The van der Waals surface area contributed by atoms with Crippen molar-refractivity contribution in [2.75, 3.05) is 6.54 Å². The summed E-state index contributed by atoms with van der Waals surface area (Å²) in [7, 11) is 0. The van der Waals surface area contributed by atoms with Gasteiger partial charge >= 0.3 is 12.1 Å². The summed E-state index contributed by atoms with van der Waals surface area (Å²) in [5.41, 5.74) is 0.905. The van der Waals surface area contributed by atoms with Crippen LogP contribution in [0.5, 0.6) is 0 Å². The number of nitrogens with one attached hydrogen (secondary N) is 1. The smallest absolute Gasteiger partial charge is 0.410 e. The molecule has 6 atom stereocenters. The largest absolute Gasteiger partial charge is 0.456 e. The molecule has 2 aromatic carbocycles. The van der Waals surface area contributed by atoms with Gasteiger partial charge in [-0.3, -0.25) is 29.9 Å². The van der Waals surface area contributed by atoms with Crippen molar-refractivity contribution in [1.82, 2.24) is 30.4 Å². The number of H-pyrrole nitrogens is 1. The maximum Gasteiger partial charge on any atom is 0.410 e. The van der Waals surface area contributed by atoms with Crippen LogP contribution in [-0.4, -0.2) is 87.3 Å². The zero-order chi connectivity index (χ0) is 35.0. The van der Waals surface area contributed by atoms with Gasteiger partial charge in [-0.15, -0.1) is 22.0 Å². The number of nitro benzene ring substituents is 2. The number of benzene rings is 2. The van der Waals surface area contributed by atoms with Crippen molar-refractivity contribution in [1.29, 1.82) is 0 Å². The van der Waals surface area contributed by atoms with E-state index >= 15 is 0 Å². The topological polar surface area (TPSA) is 237 Å². The van der Waals surface area contributed by atoms with Gasteiger partial charge in [-0.05, 0) is 48.7 Å². The minimum absolute atomic E-state index is 0.0571. The molecule has 2 amide bonds. The van der Waals surface area contributed by atoms with Gasteiger partial charge in [0.15, 0.2) is 5.82 Å². The molecule has 49 heavy (non-hydrogen) atoms. The molecule has 3 aliphatic heterocycles. The molecule has 3 aliphatic rings. The van der Waals surface area contributed by atoms with E-state index in [2.05, 4.69) is 20.6 Å². The Morgan fingerprint density at radius 1 is 1.04 bits per heavy atom. The summed E-state index contributed by atoms with van der Waals surface area (Å²) in [6.45, 7) is 3.20. The van der Waals surface area contributed by atoms with Gasteiger partial charge in [0.25, 0.3) is 11.4 Å². The van der Waals surface area contributed by atoms with Gasteiger partial charge < -0.3 is 19.5 Å². The number of aromatic nitrogens is 4. The second-order valence-corrected chi connectivity index (χ2v) is 13.2. The molecule has 0 unspecified atom stereocenters. The van der Waals surface area contributed by atoms with Gasteiger partial charge in [-0.2, -0.15) is 5.21 Å². The molecule has 4 heterocycles. The molecule has 6 rings (SSSR count). The van der Waals surface area contributed by atoms with Gasteiger partial charge in [0.05, 0.1) is 27.9 Å². The third-order valence-electron chi connectivity index (χ3n) is 8.78. The lowest BCUT2D eigenvalue weighted by atomic mass is 9.79. The molecule has 2 fully saturated rings. The second kappa shape index (κ2) is 13.6. The first-order valence-corrected chi connectivity index (χ1v) is 16.0. The summed E-state index contributed by atoms with van der Waals surface area (Å²) in [5, 5.41) is 46.2. The summed E-state index contributed by atoms with van der Waals surface area (Å²) < 4.78 is 11.1. The maximum atomic E-state index is 13.6. The number of fused-ring (bicyclic) bond motifs is 1. The highest BCUT2D eigenvalue weighted by Gasteiger charge is 2.60. The number of esters is 1. The van der Waals surface area contributed by atoms with E-state index in [1.165, 1.54) is 77.0 Å². The Bertz CT molecular complexity index is 1800. The van der Waals surface area contributed by atoms with Crippen LogP contribution in [0.15, 0.2) is 59.1 Å². The van der Waals surface area contributed by atoms with Crippen molar-refractivity contribution in [3.05, 3.63) is 96.3 Å². The molecule has 0 aliphatic carbocycles. The van der Waals surface area contributed by atoms with Gasteiger partial charge in [-0.1, -0.05) is 12.1 Å². The third kappa shape index (κ3) is 6.53. The van der Waals surface area contributed by atoms with Crippen molar-refractivity contribution in [3.63, 3.8) is 0 Å². The fraction of sp³-hybridized carbons (Fsp3) is 0.400. The number of tetrazole rings is 1. The average Bonchev–Trinajstić information content (AvgIpc) is 3.81. The number of carbonyl (C=O) groups excluding carboxylic acids is 3. The van der Waals surface area contributed by atoms with Crippen LogP contribution in [0.3, 0.4) is 0 Å². The number of nitro groups is 2. The lowest BCUT2D eigenvalue weighted by Gasteiger charge is -2.46. The van der Waals surface area contributed by atoms with E-state index in [1.54, 1.807) is 0 Å². The minimum atomic E-state index is -0.951. The zero-order valence-corrected chi connectivity index (χ0v) is 26.9. The Hall–Kier alpha value is -5.43. The van der Waals surface area contributed by atoms with Crippen molar-refractivity contribution < 1.29 is 38.8 Å². The number of ether oxygens (including phenoxy) is 2. The van der Waals surface area contributed by atoms with Crippen LogP contribution in [0, 0.1) is 32.1 Å². The summed E-state index contributed by atoms with van der Waals surface area (Å²) in [5.74, 6) is -1.99. The predicted molar refractivity (Wildman–Crippen MR) is 168 cm³/mol. The molecule has 1 aromatic heterocycles. The molecule has 0 bridgehead atoms. The predicted octanol–water partition coefficient (Wildman–Crippen LogP) is 3.01. The van der Waals surface area contributed by atoms with Gasteiger partial charge in [0.2, 0.25) is 5.91 Å². The minimum Gasteiger partial charge on any atom is -0.456 e. The third-order valence-corrected chi connectivity index (χ3v) is 10.3. The summed E-state index contributed by atoms with van der Waals surface area (Å²) in [4.78, 5) is 64.5. The average molecular weight is 695 g/mol. The molecule has 2 saturated heterocycles. The van der Waals surface area contributed by atoms with Gasteiger partial charge in [0, 0.05) is 46.9 Å². The number of aliphatic hydroxyl groups excluding tert-OH is 1. The lowest BCUT2D eigenvalue weighted by molar-refractivity contribution is -0.385. The van der Waals surface area contributed by atoms with E-state index in [0.29, 0.717) is 22.5 Å². The molecular weight excluding hydrogens is 664 g/mol. The van der Waals surface area contributed by atoms with Gasteiger partial charge in [-0.25, -0.2) is 9.59 Å². The Kier molecular flexibility index (Phi) is 9.28. The van der Waals surface area contributed by atoms with Crippen molar-refractivity contribution in [2.45, 2.75) is 56.9 Å². The molecule has 256 valence electrons. The zero-order valence-electron chi connectivity index (χ0n) is 26.1. The fourth-order valence-electron chi connectivity index (χ4n) is 6.36. The Balaban J connectivity index is 1.21. The molecule has 19 heteroatoms. The molecule has 0 spiro atoms. The maximum absolute atomic E-state index is 13.6. The monoisotopic (exact) mass is 694 g/mol. The van der Waals surface area contributed by atoms with E-state index in [9.17, 15) is 39.7 Å². The number of thioether (sulfide) groups is 1.